The molecule has 1 aromatic heterocycles. The third-order valence-electron chi connectivity index (χ3n) is 4.15. The molecule has 0 aliphatic rings. The van der Waals surface area contributed by atoms with Gasteiger partial charge in [0, 0.05) is 6.54 Å². The molecular weight excluding hydrogens is 318 g/mol. The van der Waals surface area contributed by atoms with Gasteiger partial charge in [-0.3, -0.25) is 9.59 Å². The largest absolute Gasteiger partial charge is 0.481 e. The minimum atomic E-state index is -1.03. The van der Waals surface area contributed by atoms with E-state index in [0.29, 0.717) is 5.56 Å². The van der Waals surface area contributed by atoms with Crippen LogP contribution in [0.25, 0.3) is 5.69 Å². The molecule has 2 aromatic rings. The average Bonchev–Trinajstić information content (AvgIpc) is 2.98. The van der Waals surface area contributed by atoms with Gasteiger partial charge in [0.25, 0.3) is 5.91 Å². The third-order valence-corrected chi connectivity index (χ3v) is 4.15. The number of benzene rings is 1. The number of amides is 1. The van der Waals surface area contributed by atoms with Gasteiger partial charge in [-0.15, -0.1) is 0 Å². The van der Waals surface area contributed by atoms with Gasteiger partial charge in [0.15, 0.2) is 0 Å². The molecule has 0 saturated heterocycles. The first-order chi connectivity index (χ1) is 11.6. The van der Waals surface area contributed by atoms with E-state index in [4.69, 9.17) is 0 Å². The van der Waals surface area contributed by atoms with E-state index in [1.807, 2.05) is 45.0 Å². The van der Waals surface area contributed by atoms with Crippen molar-refractivity contribution in [3.05, 3.63) is 47.3 Å². The number of carbonyl (C=O) groups excluding carboxylic acids is 1. The van der Waals surface area contributed by atoms with Crippen molar-refractivity contribution in [3.8, 4) is 5.69 Å². The number of carboxylic acid groups (broad SMARTS) is 1. The maximum Gasteiger partial charge on any atom is 0.310 e. The molecule has 0 unspecified atom stereocenters. The molecule has 1 amide bonds. The molecule has 0 atom stereocenters. The van der Waals surface area contributed by atoms with Crippen LogP contribution in [0.2, 0.25) is 0 Å². The number of aliphatic carboxylic acids is 1. The highest BCUT2D eigenvalue weighted by atomic mass is 16.4. The summed E-state index contributed by atoms with van der Waals surface area (Å²) in [7, 11) is 0. The van der Waals surface area contributed by atoms with E-state index < -0.39 is 11.4 Å². The molecule has 0 fully saturated rings. The second-order valence-electron chi connectivity index (χ2n) is 7.22. The molecule has 2 N–H and O–H groups in total. The summed E-state index contributed by atoms with van der Waals surface area (Å²) in [6, 6.07) is 7.92. The molecule has 0 aliphatic heterocycles. The van der Waals surface area contributed by atoms with E-state index in [0.717, 1.165) is 16.9 Å². The van der Waals surface area contributed by atoms with Gasteiger partial charge < -0.3 is 10.4 Å². The lowest BCUT2D eigenvalue weighted by molar-refractivity contribution is -0.146. The van der Waals surface area contributed by atoms with Crippen LogP contribution >= 0.6 is 0 Å². The number of hydrogen-bond acceptors (Lipinski definition) is 3. The predicted molar refractivity (Wildman–Crippen MR) is 96.1 cm³/mol. The lowest BCUT2D eigenvalue weighted by Crippen LogP contribution is -2.39. The predicted octanol–water partition coefficient (Wildman–Crippen LogP) is 3.14. The Labute approximate surface area is 147 Å². The Balaban J connectivity index is 2.31. The molecular formula is C19H25N3O3. The minimum Gasteiger partial charge on any atom is -0.481 e. The fraction of sp³-hybridized carbons (Fsp3) is 0.421. The van der Waals surface area contributed by atoms with E-state index in [9.17, 15) is 14.7 Å². The lowest BCUT2D eigenvalue weighted by atomic mass is 9.93. The van der Waals surface area contributed by atoms with Crippen LogP contribution < -0.4 is 5.32 Å². The van der Waals surface area contributed by atoms with Crippen LogP contribution in [0.1, 0.15) is 55.2 Å². The Morgan fingerprint density at radius 1 is 1.24 bits per heavy atom. The maximum atomic E-state index is 12.6. The smallest absolute Gasteiger partial charge is 0.310 e. The maximum absolute atomic E-state index is 12.6. The van der Waals surface area contributed by atoms with Crippen molar-refractivity contribution in [3.63, 3.8) is 0 Å². The Morgan fingerprint density at radius 3 is 2.36 bits per heavy atom. The van der Waals surface area contributed by atoms with Crippen molar-refractivity contribution in [2.45, 2.75) is 40.5 Å². The highest BCUT2D eigenvalue weighted by Crippen LogP contribution is 2.23. The van der Waals surface area contributed by atoms with Gasteiger partial charge in [-0.05, 0) is 38.8 Å². The molecule has 134 valence electrons. The molecule has 0 radical (unpaired) electrons. The van der Waals surface area contributed by atoms with Crippen LogP contribution in [0.3, 0.4) is 0 Å². The number of aromatic nitrogens is 2. The number of nitrogens with zero attached hydrogens (tertiary/aromatic N) is 2. The Hall–Kier alpha value is -2.63. The summed E-state index contributed by atoms with van der Waals surface area (Å²) in [5.41, 5.74) is 2.28. The Morgan fingerprint density at radius 2 is 1.84 bits per heavy atom. The normalized spacial score (nSPS) is 11.6. The molecule has 6 heteroatoms. The van der Waals surface area contributed by atoms with E-state index in [1.165, 1.54) is 6.20 Å². The van der Waals surface area contributed by atoms with Crippen molar-refractivity contribution >= 4 is 11.9 Å². The van der Waals surface area contributed by atoms with Crippen molar-refractivity contribution in [2.75, 3.05) is 6.54 Å². The first kappa shape index (κ1) is 18.7. The summed E-state index contributed by atoms with van der Waals surface area (Å²) >= 11 is 0. The Kier molecular flexibility index (Phi) is 5.30. The van der Waals surface area contributed by atoms with Crippen LogP contribution in [0, 0.1) is 12.3 Å². The first-order valence-corrected chi connectivity index (χ1v) is 8.30. The summed E-state index contributed by atoms with van der Waals surface area (Å²) in [5.74, 6) is -1.18. The molecule has 1 aromatic carbocycles. The number of hydrogen-bond donors (Lipinski definition) is 2. The quantitative estimate of drug-likeness (QED) is 0.844. The number of aryl methyl sites for hydroxylation is 1. The molecule has 6 nitrogen and oxygen atoms in total. The van der Waals surface area contributed by atoms with E-state index in [1.54, 1.807) is 18.5 Å². The Bertz CT molecular complexity index is 774. The van der Waals surface area contributed by atoms with Gasteiger partial charge in [-0.25, -0.2) is 4.68 Å². The van der Waals surface area contributed by atoms with Gasteiger partial charge in [-0.1, -0.05) is 31.5 Å². The van der Waals surface area contributed by atoms with Crippen LogP contribution in [0.15, 0.2) is 30.5 Å². The zero-order valence-electron chi connectivity index (χ0n) is 15.3. The van der Waals surface area contributed by atoms with Gasteiger partial charge in [0.2, 0.25) is 0 Å². The van der Waals surface area contributed by atoms with Crippen molar-refractivity contribution < 1.29 is 14.7 Å². The van der Waals surface area contributed by atoms with Crippen molar-refractivity contribution in [2.24, 2.45) is 5.41 Å². The summed E-state index contributed by atoms with van der Waals surface area (Å²) < 4.78 is 1.77. The van der Waals surface area contributed by atoms with Gasteiger partial charge in [-0.2, -0.15) is 5.10 Å². The van der Waals surface area contributed by atoms with Gasteiger partial charge in [0.1, 0.15) is 0 Å². The molecule has 2 rings (SSSR count). The number of nitrogens with one attached hydrogen (secondary N) is 1. The van der Waals surface area contributed by atoms with Crippen LogP contribution in [0.5, 0.6) is 0 Å². The monoisotopic (exact) mass is 343 g/mol. The standard InChI is InChI=1S/C19H25N3O3/c1-12(2)16-15(17(23)20-11-19(4,5)18(24)25)10-21-22(16)14-8-6-13(3)7-9-14/h6-10,12H,11H2,1-5H3,(H,20,23)(H,24,25). The van der Waals surface area contributed by atoms with Crippen molar-refractivity contribution in [1.82, 2.24) is 15.1 Å². The highest BCUT2D eigenvalue weighted by Gasteiger charge is 2.29. The van der Waals surface area contributed by atoms with Crippen LogP contribution in [-0.4, -0.2) is 33.3 Å². The molecule has 0 bridgehead atoms. The third kappa shape index (κ3) is 4.07. The van der Waals surface area contributed by atoms with Gasteiger partial charge in [0.05, 0.1) is 28.6 Å². The second kappa shape index (κ2) is 7.09. The molecule has 0 spiro atoms. The first-order valence-electron chi connectivity index (χ1n) is 8.30. The summed E-state index contributed by atoms with van der Waals surface area (Å²) in [6.45, 7) is 9.22. The highest BCUT2D eigenvalue weighted by molar-refractivity contribution is 5.95. The average molecular weight is 343 g/mol. The fourth-order valence-corrected chi connectivity index (χ4v) is 2.45. The van der Waals surface area contributed by atoms with E-state index >= 15 is 0 Å². The minimum absolute atomic E-state index is 0.0500. The van der Waals surface area contributed by atoms with Crippen molar-refractivity contribution in [1.29, 1.82) is 0 Å². The number of carboxylic acids is 1. The second-order valence-corrected chi connectivity index (χ2v) is 7.22. The molecule has 0 aliphatic carbocycles. The number of rotatable bonds is 6. The molecule has 1 heterocycles. The topological polar surface area (TPSA) is 84.2 Å². The summed E-state index contributed by atoms with van der Waals surface area (Å²) in [4.78, 5) is 23.8. The zero-order chi connectivity index (χ0) is 18.8. The lowest BCUT2D eigenvalue weighted by Gasteiger charge is -2.20. The molecule has 25 heavy (non-hydrogen) atoms. The van der Waals surface area contributed by atoms with Gasteiger partial charge >= 0.3 is 5.97 Å². The SMILES string of the molecule is Cc1ccc(-n2ncc(C(=O)NCC(C)(C)C(=O)O)c2C(C)C)cc1. The fourth-order valence-electron chi connectivity index (χ4n) is 2.45. The number of carbonyl (C=O) groups is 2. The summed E-state index contributed by atoms with van der Waals surface area (Å²) in [6.07, 6.45) is 1.54. The van der Waals surface area contributed by atoms with Crippen LogP contribution in [0.4, 0.5) is 0 Å². The van der Waals surface area contributed by atoms with E-state index in [-0.39, 0.29) is 18.4 Å². The van der Waals surface area contributed by atoms with E-state index in [2.05, 4.69) is 10.4 Å². The zero-order valence-corrected chi connectivity index (χ0v) is 15.3. The van der Waals surface area contributed by atoms with Crippen LogP contribution in [-0.2, 0) is 4.79 Å². The summed E-state index contributed by atoms with van der Waals surface area (Å²) in [5, 5.41) is 16.3. The molecule has 0 saturated carbocycles.